The van der Waals surface area contributed by atoms with Crippen molar-refractivity contribution >= 4 is 23.2 Å². The second-order valence-corrected chi connectivity index (χ2v) is 9.12. The first-order valence-electron chi connectivity index (χ1n) is 12.6. The van der Waals surface area contributed by atoms with Gasteiger partial charge in [0.15, 0.2) is 0 Å². The Balaban J connectivity index is 1.83. The van der Waals surface area contributed by atoms with E-state index in [1.54, 1.807) is 0 Å². The van der Waals surface area contributed by atoms with Gasteiger partial charge in [0, 0.05) is 30.4 Å². The van der Waals surface area contributed by atoms with Crippen molar-refractivity contribution in [1.29, 1.82) is 0 Å². The number of unbranched alkanes of at least 4 members (excludes halogenated alkanes) is 1. The Hall–Kier alpha value is -2.82. The fourth-order valence-electron chi connectivity index (χ4n) is 4.52. The van der Waals surface area contributed by atoms with Crippen molar-refractivity contribution in [2.45, 2.75) is 71.8 Å². The van der Waals surface area contributed by atoms with Crippen molar-refractivity contribution in [3.05, 3.63) is 59.7 Å². The number of hydrogen-bond donors (Lipinski definition) is 2. The molecule has 1 saturated heterocycles. The summed E-state index contributed by atoms with van der Waals surface area (Å²) >= 11 is 0. The average molecular weight is 450 g/mol. The first-order valence-corrected chi connectivity index (χ1v) is 12.6. The predicted octanol–water partition coefficient (Wildman–Crippen LogP) is 6.32. The Labute approximate surface area is 199 Å². The second kappa shape index (κ2) is 12.4. The number of anilines is 2. The molecule has 178 valence electrons. The SMILES string of the molecule is CCCCC(CC)C(=O)Nc1ccc(N2CCCCC2)c(C(=O)NC(C)c2ccccc2)c1. The number of carbonyl (C=O) groups excluding carboxylic acids is 2. The van der Waals surface area contributed by atoms with Crippen LogP contribution in [0.15, 0.2) is 48.5 Å². The topological polar surface area (TPSA) is 61.4 Å². The van der Waals surface area contributed by atoms with Gasteiger partial charge in [0.25, 0.3) is 5.91 Å². The van der Waals surface area contributed by atoms with E-state index in [4.69, 9.17) is 0 Å². The molecule has 5 heteroatoms. The molecule has 2 aromatic rings. The van der Waals surface area contributed by atoms with E-state index < -0.39 is 0 Å². The van der Waals surface area contributed by atoms with Crippen molar-refractivity contribution in [1.82, 2.24) is 5.32 Å². The van der Waals surface area contributed by atoms with Gasteiger partial charge in [-0.2, -0.15) is 0 Å². The number of carbonyl (C=O) groups is 2. The lowest BCUT2D eigenvalue weighted by atomic mass is 9.98. The van der Waals surface area contributed by atoms with Crippen LogP contribution in [0, 0.1) is 5.92 Å². The Morgan fingerprint density at radius 2 is 1.73 bits per heavy atom. The highest BCUT2D eigenvalue weighted by Crippen LogP contribution is 2.28. The van der Waals surface area contributed by atoms with Crippen LogP contribution in [-0.4, -0.2) is 24.9 Å². The smallest absolute Gasteiger partial charge is 0.253 e. The fourth-order valence-corrected chi connectivity index (χ4v) is 4.52. The molecule has 1 fully saturated rings. The molecule has 2 amide bonds. The zero-order valence-electron chi connectivity index (χ0n) is 20.4. The second-order valence-electron chi connectivity index (χ2n) is 9.12. The van der Waals surface area contributed by atoms with Crippen LogP contribution in [0.2, 0.25) is 0 Å². The quantitative estimate of drug-likeness (QED) is 0.446. The fraction of sp³-hybridized carbons (Fsp3) is 0.500. The maximum absolute atomic E-state index is 13.4. The number of hydrogen-bond acceptors (Lipinski definition) is 3. The van der Waals surface area contributed by atoms with E-state index in [1.807, 2.05) is 55.5 Å². The van der Waals surface area contributed by atoms with Crippen molar-refractivity contribution in [3.8, 4) is 0 Å². The lowest BCUT2D eigenvalue weighted by molar-refractivity contribution is -0.120. The van der Waals surface area contributed by atoms with E-state index in [0.717, 1.165) is 62.9 Å². The van der Waals surface area contributed by atoms with E-state index in [0.29, 0.717) is 11.3 Å². The highest BCUT2D eigenvalue weighted by Gasteiger charge is 2.22. The van der Waals surface area contributed by atoms with E-state index in [-0.39, 0.29) is 23.8 Å². The van der Waals surface area contributed by atoms with Gasteiger partial charge in [0.2, 0.25) is 5.91 Å². The Kier molecular flexibility index (Phi) is 9.35. The molecule has 0 spiro atoms. The van der Waals surface area contributed by atoms with Gasteiger partial charge in [-0.1, -0.05) is 57.0 Å². The highest BCUT2D eigenvalue weighted by molar-refractivity contribution is 6.02. The molecular weight excluding hydrogens is 410 g/mol. The Morgan fingerprint density at radius 3 is 2.39 bits per heavy atom. The molecule has 0 radical (unpaired) electrons. The summed E-state index contributed by atoms with van der Waals surface area (Å²) < 4.78 is 0. The zero-order chi connectivity index (χ0) is 23.6. The average Bonchev–Trinajstić information content (AvgIpc) is 2.85. The number of nitrogens with zero attached hydrogens (tertiary/aromatic N) is 1. The van der Waals surface area contributed by atoms with Crippen LogP contribution >= 0.6 is 0 Å². The van der Waals surface area contributed by atoms with Gasteiger partial charge in [0.05, 0.1) is 11.6 Å². The van der Waals surface area contributed by atoms with E-state index >= 15 is 0 Å². The molecular formula is C28H39N3O2. The van der Waals surface area contributed by atoms with E-state index in [2.05, 4.69) is 29.4 Å². The molecule has 2 atom stereocenters. The lowest BCUT2D eigenvalue weighted by Crippen LogP contribution is -2.33. The third kappa shape index (κ3) is 6.83. The summed E-state index contributed by atoms with van der Waals surface area (Å²) in [7, 11) is 0. The molecule has 2 unspecified atom stereocenters. The van der Waals surface area contributed by atoms with Crippen molar-refractivity contribution < 1.29 is 9.59 Å². The molecule has 1 aliphatic heterocycles. The van der Waals surface area contributed by atoms with Gasteiger partial charge < -0.3 is 15.5 Å². The number of piperidine rings is 1. The Morgan fingerprint density at radius 1 is 1.00 bits per heavy atom. The predicted molar refractivity (Wildman–Crippen MR) is 137 cm³/mol. The van der Waals surface area contributed by atoms with Crippen LogP contribution in [0.5, 0.6) is 0 Å². The molecule has 5 nitrogen and oxygen atoms in total. The first-order chi connectivity index (χ1) is 16.0. The monoisotopic (exact) mass is 449 g/mol. The third-order valence-electron chi connectivity index (χ3n) is 6.62. The molecule has 1 heterocycles. The minimum atomic E-state index is -0.110. The summed E-state index contributed by atoms with van der Waals surface area (Å²) in [4.78, 5) is 28.6. The minimum absolute atomic E-state index is 0.00194. The van der Waals surface area contributed by atoms with Gasteiger partial charge >= 0.3 is 0 Å². The molecule has 2 N–H and O–H groups in total. The molecule has 33 heavy (non-hydrogen) atoms. The van der Waals surface area contributed by atoms with Gasteiger partial charge in [-0.3, -0.25) is 9.59 Å². The van der Waals surface area contributed by atoms with Gasteiger partial charge in [-0.25, -0.2) is 0 Å². The van der Waals surface area contributed by atoms with Crippen LogP contribution in [0.4, 0.5) is 11.4 Å². The van der Waals surface area contributed by atoms with Crippen molar-refractivity contribution in [3.63, 3.8) is 0 Å². The van der Waals surface area contributed by atoms with Gasteiger partial charge in [0.1, 0.15) is 0 Å². The van der Waals surface area contributed by atoms with Crippen LogP contribution in [0.1, 0.15) is 87.7 Å². The van der Waals surface area contributed by atoms with Crippen molar-refractivity contribution in [2.24, 2.45) is 5.92 Å². The summed E-state index contributed by atoms with van der Waals surface area (Å²) in [6, 6.07) is 15.7. The van der Waals surface area contributed by atoms with Gasteiger partial charge in [-0.15, -0.1) is 0 Å². The lowest BCUT2D eigenvalue weighted by Gasteiger charge is -2.31. The van der Waals surface area contributed by atoms with Crippen molar-refractivity contribution in [2.75, 3.05) is 23.3 Å². The zero-order valence-corrected chi connectivity index (χ0v) is 20.4. The summed E-state index contributed by atoms with van der Waals surface area (Å²) in [5, 5.41) is 6.23. The van der Waals surface area contributed by atoms with Crippen LogP contribution in [0.3, 0.4) is 0 Å². The summed E-state index contributed by atoms with van der Waals surface area (Å²) in [5.41, 5.74) is 3.33. The maximum atomic E-state index is 13.4. The first kappa shape index (κ1) is 24.8. The largest absolute Gasteiger partial charge is 0.371 e. The van der Waals surface area contributed by atoms with E-state index in [1.165, 1.54) is 6.42 Å². The van der Waals surface area contributed by atoms with Crippen LogP contribution in [0.25, 0.3) is 0 Å². The van der Waals surface area contributed by atoms with Crippen LogP contribution < -0.4 is 15.5 Å². The standard InChI is InChI=1S/C28H39N3O2/c1-4-6-13-22(5-2)27(32)30-24-16-17-26(31-18-11-8-12-19-31)25(20-24)28(33)29-21(3)23-14-9-7-10-15-23/h7,9-10,14-17,20-22H,4-6,8,11-13,18-19H2,1-3H3,(H,29,33)(H,30,32). The molecule has 0 aliphatic carbocycles. The van der Waals surface area contributed by atoms with E-state index in [9.17, 15) is 9.59 Å². The maximum Gasteiger partial charge on any atom is 0.253 e. The summed E-state index contributed by atoms with van der Waals surface area (Å²) in [6.45, 7) is 8.11. The summed E-state index contributed by atoms with van der Waals surface area (Å²) in [6.07, 6.45) is 7.34. The summed E-state index contributed by atoms with van der Waals surface area (Å²) in [5.74, 6) is -0.0659. The van der Waals surface area contributed by atoms with Gasteiger partial charge in [-0.05, 0) is 62.8 Å². The molecule has 1 aliphatic rings. The minimum Gasteiger partial charge on any atom is -0.371 e. The molecule has 3 rings (SSSR count). The third-order valence-corrected chi connectivity index (χ3v) is 6.62. The number of amides is 2. The molecule has 0 aromatic heterocycles. The number of nitrogens with one attached hydrogen (secondary N) is 2. The number of benzene rings is 2. The normalized spacial score (nSPS) is 15.5. The molecule has 2 aromatic carbocycles. The highest BCUT2D eigenvalue weighted by atomic mass is 16.2. The number of rotatable bonds is 10. The van der Waals surface area contributed by atoms with Crippen LogP contribution in [-0.2, 0) is 4.79 Å². The molecule has 0 saturated carbocycles. The molecule has 0 bridgehead atoms. The Bertz CT molecular complexity index is 907.